The molecule has 1 amide bonds. The Morgan fingerprint density at radius 1 is 1.14 bits per heavy atom. The maximum Gasteiger partial charge on any atom is 0.410 e. The molecule has 0 aliphatic carbocycles. The van der Waals surface area contributed by atoms with E-state index in [1.807, 2.05) is 35.2 Å². The van der Waals surface area contributed by atoms with Crippen LogP contribution in [0.2, 0.25) is 0 Å². The van der Waals surface area contributed by atoms with Crippen LogP contribution in [0, 0.1) is 0 Å². The third-order valence-corrected chi connectivity index (χ3v) is 5.88. The molecule has 0 spiro atoms. The molecule has 0 aromatic heterocycles. The number of ether oxygens (including phenoxy) is 1. The summed E-state index contributed by atoms with van der Waals surface area (Å²) < 4.78 is 5.54. The first-order chi connectivity index (χ1) is 13.7. The monoisotopic (exact) mass is 379 g/mol. The number of nitrogens with zero attached hydrogens (tertiary/aromatic N) is 2. The van der Waals surface area contributed by atoms with Gasteiger partial charge in [-0.1, -0.05) is 42.5 Å². The fourth-order valence-electron chi connectivity index (χ4n) is 4.25. The molecule has 28 heavy (non-hydrogen) atoms. The Balaban J connectivity index is 1.34. The molecular weight excluding hydrogens is 350 g/mol. The van der Waals surface area contributed by atoms with E-state index in [2.05, 4.69) is 41.4 Å². The van der Waals surface area contributed by atoms with Crippen molar-refractivity contribution in [2.24, 2.45) is 0 Å². The van der Waals surface area contributed by atoms with Crippen molar-refractivity contribution in [2.45, 2.75) is 38.3 Å². The average molecular weight is 380 g/mol. The van der Waals surface area contributed by atoms with E-state index in [1.54, 1.807) is 0 Å². The van der Waals surface area contributed by atoms with E-state index in [4.69, 9.17) is 4.74 Å². The number of anilines is 1. The Bertz CT molecular complexity index is 789. The normalized spacial score (nSPS) is 22.3. The van der Waals surface area contributed by atoms with E-state index >= 15 is 0 Å². The van der Waals surface area contributed by atoms with Crippen molar-refractivity contribution in [3.8, 4) is 0 Å². The standard InChI is InChI=1S/C23H29N3O2/c1-18-14-21(20-8-5-9-22(15-20)25-13-11-24-17-25)10-12-26(18)23(27)28-16-19-6-3-2-4-7-19/h2-9,15,18,21,24H,10-14,16-17H2,1H3. The predicted molar refractivity (Wildman–Crippen MR) is 111 cm³/mol. The third-order valence-electron chi connectivity index (χ3n) is 5.88. The summed E-state index contributed by atoms with van der Waals surface area (Å²) in [5.74, 6) is 0.490. The van der Waals surface area contributed by atoms with Gasteiger partial charge in [0.05, 0.1) is 6.67 Å². The van der Waals surface area contributed by atoms with Crippen LogP contribution in [-0.2, 0) is 11.3 Å². The third kappa shape index (κ3) is 4.30. The van der Waals surface area contributed by atoms with Gasteiger partial charge in [0.1, 0.15) is 6.61 Å². The van der Waals surface area contributed by atoms with Gasteiger partial charge in [-0.25, -0.2) is 4.79 Å². The summed E-state index contributed by atoms with van der Waals surface area (Å²) in [5.41, 5.74) is 3.69. The van der Waals surface area contributed by atoms with Crippen molar-refractivity contribution in [3.63, 3.8) is 0 Å². The number of hydrogen-bond donors (Lipinski definition) is 1. The lowest BCUT2D eigenvalue weighted by molar-refractivity contribution is 0.0685. The maximum atomic E-state index is 12.5. The van der Waals surface area contributed by atoms with Crippen molar-refractivity contribution in [1.29, 1.82) is 0 Å². The molecule has 2 saturated heterocycles. The van der Waals surface area contributed by atoms with Gasteiger partial charge in [-0.15, -0.1) is 0 Å². The second-order valence-electron chi connectivity index (χ2n) is 7.82. The molecule has 2 aromatic rings. The minimum absolute atomic E-state index is 0.180. The largest absolute Gasteiger partial charge is 0.445 e. The summed E-state index contributed by atoms with van der Waals surface area (Å²) in [6, 6.07) is 18.9. The second kappa shape index (κ2) is 8.65. The van der Waals surface area contributed by atoms with Crippen molar-refractivity contribution in [3.05, 3.63) is 65.7 Å². The highest BCUT2D eigenvalue weighted by Crippen LogP contribution is 2.33. The van der Waals surface area contributed by atoms with Crippen LogP contribution in [0.1, 0.15) is 36.8 Å². The summed E-state index contributed by atoms with van der Waals surface area (Å²) in [7, 11) is 0. The molecule has 148 valence electrons. The number of hydrogen-bond acceptors (Lipinski definition) is 4. The van der Waals surface area contributed by atoms with Gasteiger partial charge in [-0.05, 0) is 48.9 Å². The summed E-state index contributed by atoms with van der Waals surface area (Å²) in [6.07, 6.45) is 1.75. The molecule has 2 heterocycles. The fraction of sp³-hybridized carbons (Fsp3) is 0.435. The fourth-order valence-corrected chi connectivity index (χ4v) is 4.25. The molecule has 5 heteroatoms. The minimum atomic E-state index is -0.202. The van der Waals surface area contributed by atoms with Crippen LogP contribution in [0.5, 0.6) is 0 Å². The van der Waals surface area contributed by atoms with Gasteiger partial charge in [0.15, 0.2) is 0 Å². The van der Waals surface area contributed by atoms with Gasteiger partial charge < -0.3 is 14.5 Å². The second-order valence-corrected chi connectivity index (χ2v) is 7.82. The molecule has 2 atom stereocenters. The van der Waals surface area contributed by atoms with Crippen molar-refractivity contribution in [1.82, 2.24) is 10.2 Å². The maximum absolute atomic E-state index is 12.5. The number of benzene rings is 2. The van der Waals surface area contributed by atoms with E-state index in [-0.39, 0.29) is 12.1 Å². The summed E-state index contributed by atoms with van der Waals surface area (Å²) in [5, 5.41) is 3.39. The highest BCUT2D eigenvalue weighted by Gasteiger charge is 2.30. The first-order valence-corrected chi connectivity index (χ1v) is 10.2. The molecule has 2 aromatic carbocycles. The predicted octanol–water partition coefficient (Wildman–Crippen LogP) is 3.96. The number of amides is 1. The molecule has 1 N–H and O–H groups in total. The van der Waals surface area contributed by atoms with Gasteiger partial charge in [-0.3, -0.25) is 5.32 Å². The zero-order valence-corrected chi connectivity index (χ0v) is 16.5. The van der Waals surface area contributed by atoms with Gasteiger partial charge in [0.25, 0.3) is 0 Å². The molecular formula is C23H29N3O2. The van der Waals surface area contributed by atoms with Gasteiger partial charge in [-0.2, -0.15) is 0 Å². The smallest absolute Gasteiger partial charge is 0.410 e. The Labute approximate surface area is 167 Å². The van der Waals surface area contributed by atoms with E-state index in [1.165, 1.54) is 11.3 Å². The van der Waals surface area contributed by atoms with Gasteiger partial charge >= 0.3 is 6.09 Å². The summed E-state index contributed by atoms with van der Waals surface area (Å²) >= 11 is 0. The topological polar surface area (TPSA) is 44.8 Å². The number of nitrogens with one attached hydrogen (secondary N) is 1. The first kappa shape index (κ1) is 18.8. The van der Waals surface area contributed by atoms with Crippen LogP contribution < -0.4 is 10.2 Å². The number of carbonyl (C=O) groups excluding carboxylic acids is 1. The lowest BCUT2D eigenvalue weighted by Gasteiger charge is -2.37. The molecule has 0 bridgehead atoms. The van der Waals surface area contributed by atoms with Crippen LogP contribution in [-0.4, -0.2) is 43.3 Å². The van der Waals surface area contributed by atoms with Crippen molar-refractivity contribution >= 4 is 11.8 Å². The molecule has 5 nitrogen and oxygen atoms in total. The van der Waals surface area contributed by atoms with E-state index in [0.717, 1.165) is 44.7 Å². The van der Waals surface area contributed by atoms with Gasteiger partial charge in [0.2, 0.25) is 0 Å². The highest BCUT2D eigenvalue weighted by atomic mass is 16.6. The van der Waals surface area contributed by atoms with E-state index in [0.29, 0.717) is 12.5 Å². The molecule has 2 fully saturated rings. The molecule has 4 rings (SSSR count). The number of rotatable bonds is 4. The average Bonchev–Trinajstić information content (AvgIpc) is 3.28. The molecule has 2 aliphatic rings. The Hall–Kier alpha value is -2.53. The quantitative estimate of drug-likeness (QED) is 0.873. The van der Waals surface area contributed by atoms with E-state index < -0.39 is 0 Å². The Morgan fingerprint density at radius 2 is 2.00 bits per heavy atom. The lowest BCUT2D eigenvalue weighted by Crippen LogP contribution is -2.44. The van der Waals surface area contributed by atoms with Crippen LogP contribution in [0.4, 0.5) is 10.5 Å². The molecule has 2 aliphatic heterocycles. The Morgan fingerprint density at radius 3 is 2.75 bits per heavy atom. The zero-order valence-electron chi connectivity index (χ0n) is 16.5. The molecule has 0 saturated carbocycles. The molecule has 2 unspecified atom stereocenters. The number of piperidine rings is 1. The van der Waals surface area contributed by atoms with Crippen LogP contribution in [0.15, 0.2) is 54.6 Å². The highest BCUT2D eigenvalue weighted by molar-refractivity contribution is 5.68. The first-order valence-electron chi connectivity index (χ1n) is 10.2. The van der Waals surface area contributed by atoms with E-state index in [9.17, 15) is 4.79 Å². The number of carbonyl (C=O) groups is 1. The van der Waals surface area contributed by atoms with Crippen molar-refractivity contribution < 1.29 is 9.53 Å². The lowest BCUT2D eigenvalue weighted by atomic mass is 9.86. The SMILES string of the molecule is CC1CC(c2cccc(N3CCNC3)c2)CCN1C(=O)OCc1ccccc1. The number of likely N-dealkylation sites (tertiary alicyclic amines) is 1. The van der Waals surface area contributed by atoms with Gasteiger partial charge in [0, 0.05) is 31.4 Å². The zero-order chi connectivity index (χ0) is 19.3. The van der Waals surface area contributed by atoms with Crippen LogP contribution in [0.25, 0.3) is 0 Å². The Kier molecular flexibility index (Phi) is 5.81. The van der Waals surface area contributed by atoms with Crippen LogP contribution in [0.3, 0.4) is 0 Å². The summed E-state index contributed by atoms with van der Waals surface area (Å²) in [6.45, 7) is 6.24. The minimum Gasteiger partial charge on any atom is -0.445 e. The molecule has 0 radical (unpaired) electrons. The van der Waals surface area contributed by atoms with Crippen molar-refractivity contribution in [2.75, 3.05) is 31.2 Å². The van der Waals surface area contributed by atoms with Crippen LogP contribution >= 0.6 is 0 Å². The summed E-state index contributed by atoms with van der Waals surface area (Å²) in [4.78, 5) is 16.8.